The topological polar surface area (TPSA) is 55.7 Å². The van der Waals surface area contributed by atoms with Gasteiger partial charge in [0.2, 0.25) is 0 Å². The Morgan fingerprint density at radius 1 is 1.33 bits per heavy atom. The van der Waals surface area contributed by atoms with Crippen LogP contribution in [0, 0.1) is 0 Å². The van der Waals surface area contributed by atoms with Crippen molar-refractivity contribution in [2.75, 3.05) is 37.7 Å². The highest BCUT2D eigenvalue weighted by Crippen LogP contribution is 2.42. The van der Waals surface area contributed by atoms with Crippen molar-refractivity contribution in [1.29, 1.82) is 0 Å². The Morgan fingerprint density at radius 3 is 3.00 bits per heavy atom. The minimum Gasteiger partial charge on any atom is -0.314 e. The molecule has 5 heteroatoms. The molecule has 0 aliphatic carbocycles. The molecule has 0 aromatic carbocycles. The second-order valence-electron chi connectivity index (χ2n) is 3.57. The first-order valence-electron chi connectivity index (χ1n) is 4.36. The SMILES string of the molecule is OS1(O)CCN2CCNCC2C1. The maximum Gasteiger partial charge on any atom is 0.0543 e. The van der Waals surface area contributed by atoms with Gasteiger partial charge in [0.1, 0.15) is 0 Å². The Morgan fingerprint density at radius 2 is 2.17 bits per heavy atom. The highest BCUT2D eigenvalue weighted by atomic mass is 32.3. The van der Waals surface area contributed by atoms with Gasteiger partial charge < -0.3 is 5.32 Å². The van der Waals surface area contributed by atoms with Crippen molar-refractivity contribution >= 4 is 10.6 Å². The third-order valence-corrected chi connectivity index (χ3v) is 4.39. The van der Waals surface area contributed by atoms with E-state index in [1.807, 2.05) is 0 Å². The molecule has 2 rings (SSSR count). The summed E-state index contributed by atoms with van der Waals surface area (Å²) in [7, 11) is -2.23. The van der Waals surface area contributed by atoms with Crippen molar-refractivity contribution in [3.05, 3.63) is 0 Å². The number of rotatable bonds is 0. The lowest BCUT2D eigenvalue weighted by molar-refractivity contribution is 0.172. The molecule has 0 radical (unpaired) electrons. The van der Waals surface area contributed by atoms with Crippen LogP contribution in [0.25, 0.3) is 0 Å². The maximum absolute atomic E-state index is 9.50. The Balaban J connectivity index is 1.99. The van der Waals surface area contributed by atoms with Gasteiger partial charge in [-0.2, -0.15) is 10.6 Å². The highest BCUT2D eigenvalue weighted by molar-refractivity contribution is 8.24. The second kappa shape index (κ2) is 3.16. The summed E-state index contributed by atoms with van der Waals surface area (Å²) >= 11 is 0. The molecule has 72 valence electrons. The van der Waals surface area contributed by atoms with Crippen LogP contribution in [0.4, 0.5) is 0 Å². The summed E-state index contributed by atoms with van der Waals surface area (Å²) in [6.45, 7) is 3.86. The first kappa shape index (κ1) is 8.77. The van der Waals surface area contributed by atoms with Crippen LogP contribution >= 0.6 is 10.6 Å². The van der Waals surface area contributed by atoms with Crippen molar-refractivity contribution in [3.8, 4) is 0 Å². The molecule has 2 fully saturated rings. The number of nitrogens with zero attached hydrogens (tertiary/aromatic N) is 1. The normalized spacial score (nSPS) is 38.7. The van der Waals surface area contributed by atoms with Crippen LogP contribution in [-0.4, -0.2) is 57.7 Å². The summed E-state index contributed by atoms with van der Waals surface area (Å²) in [6, 6.07) is 0.359. The van der Waals surface area contributed by atoms with E-state index in [9.17, 15) is 9.11 Å². The minimum absolute atomic E-state index is 0.359. The molecule has 2 aliphatic heterocycles. The standard InChI is InChI=1S/C7H16N2O2S/c10-12(11)4-3-9-2-1-8-5-7(9)6-12/h7-8,10-11H,1-6H2. The molecule has 2 heterocycles. The fourth-order valence-electron chi connectivity index (χ4n) is 1.92. The molecule has 0 aromatic heterocycles. The Hall–Kier alpha value is 0.190. The lowest BCUT2D eigenvalue weighted by Crippen LogP contribution is -2.57. The van der Waals surface area contributed by atoms with Crippen molar-refractivity contribution in [2.24, 2.45) is 0 Å². The molecule has 0 saturated carbocycles. The van der Waals surface area contributed by atoms with Crippen molar-refractivity contribution in [2.45, 2.75) is 6.04 Å². The zero-order valence-corrected chi connectivity index (χ0v) is 7.89. The van der Waals surface area contributed by atoms with Gasteiger partial charge in [0.15, 0.2) is 0 Å². The highest BCUT2D eigenvalue weighted by Gasteiger charge is 2.32. The number of hydrogen-bond donors (Lipinski definition) is 3. The van der Waals surface area contributed by atoms with Gasteiger partial charge in [-0.15, -0.1) is 0 Å². The first-order chi connectivity index (χ1) is 5.67. The molecule has 1 unspecified atom stereocenters. The Labute approximate surface area is 74.3 Å². The second-order valence-corrected chi connectivity index (χ2v) is 5.91. The van der Waals surface area contributed by atoms with Crippen molar-refractivity contribution in [1.82, 2.24) is 10.2 Å². The van der Waals surface area contributed by atoms with E-state index >= 15 is 0 Å². The fourth-order valence-corrected chi connectivity index (χ4v) is 3.56. The van der Waals surface area contributed by atoms with Crippen LogP contribution in [0.2, 0.25) is 0 Å². The van der Waals surface area contributed by atoms with E-state index in [0.717, 1.165) is 26.2 Å². The van der Waals surface area contributed by atoms with Crippen molar-refractivity contribution in [3.63, 3.8) is 0 Å². The van der Waals surface area contributed by atoms with Gasteiger partial charge in [-0.05, 0) is 0 Å². The van der Waals surface area contributed by atoms with Gasteiger partial charge in [-0.3, -0.25) is 14.0 Å². The monoisotopic (exact) mass is 192 g/mol. The molecule has 0 bridgehead atoms. The van der Waals surface area contributed by atoms with Gasteiger partial charge in [-0.1, -0.05) is 0 Å². The molecule has 2 aliphatic rings. The van der Waals surface area contributed by atoms with Gasteiger partial charge >= 0.3 is 0 Å². The largest absolute Gasteiger partial charge is 0.314 e. The van der Waals surface area contributed by atoms with E-state index in [2.05, 4.69) is 10.2 Å². The maximum atomic E-state index is 9.50. The van der Waals surface area contributed by atoms with E-state index in [1.165, 1.54) is 0 Å². The summed E-state index contributed by atoms with van der Waals surface area (Å²) in [5.41, 5.74) is 0. The van der Waals surface area contributed by atoms with Gasteiger partial charge in [0, 0.05) is 32.2 Å². The van der Waals surface area contributed by atoms with Crippen LogP contribution in [0.15, 0.2) is 0 Å². The molecule has 0 amide bonds. The zero-order chi connectivity index (χ0) is 8.60. The number of fused-ring (bicyclic) bond motifs is 1. The Bertz CT molecular complexity index is 177. The lowest BCUT2D eigenvalue weighted by atomic mass is 10.2. The van der Waals surface area contributed by atoms with Crippen LogP contribution < -0.4 is 5.32 Å². The summed E-state index contributed by atoms with van der Waals surface area (Å²) in [5.74, 6) is 1.14. The quantitative estimate of drug-likeness (QED) is 0.506. The van der Waals surface area contributed by atoms with Gasteiger partial charge in [0.25, 0.3) is 0 Å². The lowest BCUT2D eigenvalue weighted by Gasteiger charge is -2.48. The molecule has 2 saturated heterocycles. The van der Waals surface area contributed by atoms with E-state index in [-0.39, 0.29) is 0 Å². The smallest absolute Gasteiger partial charge is 0.0543 e. The number of nitrogens with one attached hydrogen (secondary N) is 1. The third kappa shape index (κ3) is 1.75. The van der Waals surface area contributed by atoms with E-state index in [1.54, 1.807) is 0 Å². The molecular weight excluding hydrogens is 176 g/mol. The zero-order valence-electron chi connectivity index (χ0n) is 7.07. The van der Waals surface area contributed by atoms with Crippen LogP contribution in [-0.2, 0) is 0 Å². The van der Waals surface area contributed by atoms with Crippen LogP contribution in [0.1, 0.15) is 0 Å². The molecule has 0 aromatic rings. The fraction of sp³-hybridized carbons (Fsp3) is 1.00. The molecule has 3 N–H and O–H groups in total. The predicted octanol–water partition coefficient (Wildman–Crippen LogP) is 0.0244. The van der Waals surface area contributed by atoms with Gasteiger partial charge in [0.05, 0.1) is 11.5 Å². The molecule has 0 spiro atoms. The molecule has 12 heavy (non-hydrogen) atoms. The summed E-state index contributed by atoms with van der Waals surface area (Å²) in [6.07, 6.45) is 0. The van der Waals surface area contributed by atoms with Crippen LogP contribution in [0.3, 0.4) is 0 Å². The Kier molecular flexibility index (Phi) is 2.31. The van der Waals surface area contributed by atoms with E-state index < -0.39 is 10.6 Å². The average Bonchev–Trinajstić information content (AvgIpc) is 2.02. The number of piperazine rings is 1. The molecule has 1 atom stereocenters. The predicted molar refractivity (Wildman–Crippen MR) is 50.8 cm³/mol. The van der Waals surface area contributed by atoms with Crippen molar-refractivity contribution < 1.29 is 9.11 Å². The first-order valence-corrected chi connectivity index (χ1v) is 6.24. The number of hydrogen-bond acceptors (Lipinski definition) is 4. The van der Waals surface area contributed by atoms with E-state index in [0.29, 0.717) is 17.5 Å². The molecule has 4 nitrogen and oxygen atoms in total. The van der Waals surface area contributed by atoms with Gasteiger partial charge in [-0.25, -0.2) is 0 Å². The summed E-state index contributed by atoms with van der Waals surface area (Å²) in [4.78, 5) is 2.36. The third-order valence-electron chi connectivity index (χ3n) is 2.64. The summed E-state index contributed by atoms with van der Waals surface area (Å²) in [5, 5.41) is 3.27. The van der Waals surface area contributed by atoms with E-state index in [4.69, 9.17) is 0 Å². The average molecular weight is 192 g/mol. The molecular formula is C7H16N2O2S. The summed E-state index contributed by atoms with van der Waals surface area (Å²) < 4.78 is 19.0. The minimum atomic E-state index is -2.23. The van der Waals surface area contributed by atoms with Crippen LogP contribution in [0.5, 0.6) is 0 Å².